The van der Waals surface area contributed by atoms with E-state index in [0.717, 1.165) is 0 Å². The molecule has 0 aliphatic heterocycles. The molecule has 0 radical (unpaired) electrons. The molecule has 2 aromatic carbocycles. The maximum Gasteiger partial charge on any atom is 0.267 e. The van der Waals surface area contributed by atoms with Crippen molar-refractivity contribution in [3.63, 3.8) is 0 Å². The number of hydrogen-bond donors (Lipinski definition) is 3. The van der Waals surface area contributed by atoms with Crippen LogP contribution in [0.3, 0.4) is 0 Å². The number of aliphatic hydroxyl groups excluding tert-OH is 1. The number of carbonyl (C=O) groups excluding carboxylic acids is 2. The second kappa shape index (κ2) is 9.60. The molecule has 3 N–H and O–H groups in total. The summed E-state index contributed by atoms with van der Waals surface area (Å²) in [7, 11) is 1.56. The van der Waals surface area contributed by atoms with Gasteiger partial charge in [-0.05, 0) is 35.9 Å². The number of amides is 2. The Kier molecular flexibility index (Phi) is 7.20. The molecule has 0 aromatic heterocycles. The molecule has 7 heteroatoms. The molecule has 0 saturated carbocycles. The summed E-state index contributed by atoms with van der Waals surface area (Å²) >= 11 is 6.03. The average molecular weight is 375 g/mol. The van der Waals surface area contributed by atoms with Crippen LogP contribution >= 0.6 is 11.6 Å². The highest BCUT2D eigenvalue weighted by molar-refractivity contribution is 6.34. The summed E-state index contributed by atoms with van der Waals surface area (Å²) in [5, 5.41) is 14.3. The molecule has 2 rings (SSSR count). The van der Waals surface area contributed by atoms with Crippen LogP contribution in [-0.2, 0) is 4.79 Å². The number of methoxy groups -OCH3 is 1. The first-order valence-corrected chi connectivity index (χ1v) is 8.23. The van der Waals surface area contributed by atoms with E-state index >= 15 is 0 Å². The standard InChI is InChI=1S/C19H19ClN2O4/c1-26-14-8-6-13(7-9-14)12-17(19(25)21-10-11-23)22-18(24)15-4-2-3-5-16(15)20/h2-9,12,23H,10-11H2,1H3,(H,21,25)(H,22,24)/b17-12-. The maximum absolute atomic E-state index is 12.5. The minimum atomic E-state index is -0.518. The molecule has 0 unspecified atom stereocenters. The average Bonchev–Trinajstić information content (AvgIpc) is 2.66. The largest absolute Gasteiger partial charge is 0.497 e. The number of hydrogen-bond acceptors (Lipinski definition) is 4. The Morgan fingerprint density at radius 3 is 2.46 bits per heavy atom. The van der Waals surface area contributed by atoms with Crippen molar-refractivity contribution in [3.05, 3.63) is 70.4 Å². The highest BCUT2D eigenvalue weighted by atomic mass is 35.5. The number of rotatable bonds is 7. The van der Waals surface area contributed by atoms with Crippen LogP contribution in [0.2, 0.25) is 5.02 Å². The Morgan fingerprint density at radius 1 is 1.15 bits per heavy atom. The summed E-state index contributed by atoms with van der Waals surface area (Å²) < 4.78 is 5.10. The van der Waals surface area contributed by atoms with Crippen molar-refractivity contribution >= 4 is 29.5 Å². The quantitative estimate of drug-likeness (QED) is 0.648. The summed E-state index contributed by atoms with van der Waals surface area (Å²) in [6.07, 6.45) is 1.53. The van der Waals surface area contributed by atoms with E-state index in [9.17, 15) is 9.59 Å². The lowest BCUT2D eigenvalue weighted by Crippen LogP contribution is -2.36. The van der Waals surface area contributed by atoms with Crippen molar-refractivity contribution in [2.45, 2.75) is 0 Å². The zero-order valence-electron chi connectivity index (χ0n) is 14.2. The number of carbonyl (C=O) groups is 2. The van der Waals surface area contributed by atoms with Gasteiger partial charge >= 0.3 is 0 Å². The zero-order valence-corrected chi connectivity index (χ0v) is 14.9. The Hall–Kier alpha value is -2.83. The molecule has 2 aromatic rings. The molecule has 26 heavy (non-hydrogen) atoms. The van der Waals surface area contributed by atoms with Crippen LogP contribution in [0.25, 0.3) is 6.08 Å². The molecule has 0 spiro atoms. The SMILES string of the molecule is COc1ccc(/C=C(\NC(=O)c2ccccc2Cl)C(=O)NCCO)cc1. The van der Waals surface area contributed by atoms with Gasteiger partial charge in [0.15, 0.2) is 0 Å². The molecule has 2 amide bonds. The highest BCUT2D eigenvalue weighted by Crippen LogP contribution is 2.16. The van der Waals surface area contributed by atoms with Gasteiger partial charge in [-0.1, -0.05) is 35.9 Å². The first-order valence-electron chi connectivity index (χ1n) is 7.86. The number of ether oxygens (including phenoxy) is 1. The van der Waals surface area contributed by atoms with Gasteiger partial charge in [-0.25, -0.2) is 0 Å². The van der Waals surface area contributed by atoms with E-state index in [4.69, 9.17) is 21.4 Å². The number of aliphatic hydroxyl groups is 1. The molecule has 0 aliphatic carbocycles. The van der Waals surface area contributed by atoms with E-state index in [2.05, 4.69) is 10.6 Å². The number of benzene rings is 2. The van der Waals surface area contributed by atoms with Crippen LogP contribution in [0, 0.1) is 0 Å². The lowest BCUT2D eigenvalue weighted by molar-refractivity contribution is -0.117. The van der Waals surface area contributed by atoms with E-state index in [1.165, 1.54) is 6.08 Å². The van der Waals surface area contributed by atoms with Crippen molar-refractivity contribution in [2.75, 3.05) is 20.3 Å². The molecule has 0 aliphatic rings. The van der Waals surface area contributed by atoms with Crippen LogP contribution in [0.15, 0.2) is 54.2 Å². The van der Waals surface area contributed by atoms with Crippen LogP contribution in [0.4, 0.5) is 0 Å². The summed E-state index contributed by atoms with van der Waals surface area (Å²) in [5.41, 5.74) is 0.984. The van der Waals surface area contributed by atoms with Crippen molar-refractivity contribution in [2.24, 2.45) is 0 Å². The van der Waals surface area contributed by atoms with Gasteiger partial charge < -0.3 is 20.5 Å². The van der Waals surface area contributed by atoms with E-state index in [1.807, 2.05) is 0 Å². The van der Waals surface area contributed by atoms with Crippen molar-refractivity contribution in [3.8, 4) is 5.75 Å². The number of halogens is 1. The molecule has 0 saturated heterocycles. The fourth-order valence-corrected chi connectivity index (χ4v) is 2.35. The molecular weight excluding hydrogens is 356 g/mol. The van der Waals surface area contributed by atoms with Crippen molar-refractivity contribution in [1.29, 1.82) is 0 Å². The molecule has 136 valence electrons. The molecule has 0 bridgehead atoms. The maximum atomic E-state index is 12.5. The van der Waals surface area contributed by atoms with Crippen molar-refractivity contribution in [1.82, 2.24) is 10.6 Å². The molecule has 0 heterocycles. The van der Waals surface area contributed by atoms with Gasteiger partial charge in [0.1, 0.15) is 11.4 Å². The topological polar surface area (TPSA) is 87.7 Å². The van der Waals surface area contributed by atoms with Crippen LogP contribution < -0.4 is 15.4 Å². The molecule has 0 fully saturated rings. The Morgan fingerprint density at radius 2 is 1.85 bits per heavy atom. The van der Waals surface area contributed by atoms with Gasteiger partial charge in [0.25, 0.3) is 11.8 Å². The predicted octanol–water partition coefficient (Wildman–Crippen LogP) is 2.23. The predicted molar refractivity (Wildman–Crippen MR) is 100.0 cm³/mol. The fourth-order valence-electron chi connectivity index (χ4n) is 2.12. The third kappa shape index (κ3) is 5.34. The summed E-state index contributed by atoms with van der Waals surface area (Å²) in [6.45, 7) is -0.138. The molecule has 6 nitrogen and oxygen atoms in total. The second-order valence-corrected chi connectivity index (χ2v) is 5.65. The summed E-state index contributed by atoms with van der Waals surface area (Å²) in [6, 6.07) is 13.5. The van der Waals surface area contributed by atoms with Crippen LogP contribution in [-0.4, -0.2) is 37.2 Å². The lowest BCUT2D eigenvalue weighted by atomic mass is 10.1. The van der Waals surface area contributed by atoms with Crippen LogP contribution in [0.1, 0.15) is 15.9 Å². The van der Waals surface area contributed by atoms with Gasteiger partial charge in [-0.3, -0.25) is 9.59 Å². The Balaban J connectivity index is 2.28. The Bertz CT molecular complexity index is 803. The van der Waals surface area contributed by atoms with Gasteiger partial charge in [0.2, 0.25) is 0 Å². The van der Waals surface area contributed by atoms with E-state index in [-0.39, 0.29) is 29.4 Å². The Labute approximate surface area is 156 Å². The summed E-state index contributed by atoms with van der Waals surface area (Å²) in [4.78, 5) is 24.8. The van der Waals surface area contributed by atoms with Crippen LogP contribution in [0.5, 0.6) is 5.75 Å². The second-order valence-electron chi connectivity index (χ2n) is 5.24. The molecule has 0 atom stereocenters. The zero-order chi connectivity index (χ0) is 18.9. The van der Waals surface area contributed by atoms with Gasteiger partial charge in [-0.15, -0.1) is 0 Å². The smallest absolute Gasteiger partial charge is 0.267 e. The van der Waals surface area contributed by atoms with E-state index in [1.54, 1.807) is 55.6 Å². The molecular formula is C19H19ClN2O4. The van der Waals surface area contributed by atoms with Crippen molar-refractivity contribution < 1.29 is 19.4 Å². The lowest BCUT2D eigenvalue weighted by Gasteiger charge is -2.11. The first kappa shape index (κ1) is 19.5. The third-order valence-electron chi connectivity index (χ3n) is 3.44. The normalized spacial score (nSPS) is 11.0. The van der Waals surface area contributed by atoms with E-state index in [0.29, 0.717) is 11.3 Å². The van der Waals surface area contributed by atoms with E-state index < -0.39 is 11.8 Å². The number of nitrogens with one attached hydrogen (secondary N) is 2. The monoisotopic (exact) mass is 374 g/mol. The fraction of sp³-hybridized carbons (Fsp3) is 0.158. The van der Waals surface area contributed by atoms with Gasteiger partial charge in [0.05, 0.1) is 24.3 Å². The third-order valence-corrected chi connectivity index (χ3v) is 3.77. The minimum absolute atomic E-state index is 0.0357. The summed E-state index contributed by atoms with van der Waals surface area (Å²) in [5.74, 6) is -0.349. The van der Waals surface area contributed by atoms with Gasteiger partial charge in [-0.2, -0.15) is 0 Å². The first-order chi connectivity index (χ1) is 12.5. The van der Waals surface area contributed by atoms with Gasteiger partial charge in [0, 0.05) is 6.54 Å². The minimum Gasteiger partial charge on any atom is -0.497 e. The highest BCUT2D eigenvalue weighted by Gasteiger charge is 2.16.